The van der Waals surface area contributed by atoms with Gasteiger partial charge in [-0.15, -0.1) is 0 Å². The molecule has 2 rings (SSSR count). The molecule has 0 radical (unpaired) electrons. The molecule has 0 unspecified atom stereocenters. The number of nitrogens with one attached hydrogen (secondary N) is 1. The number of benzene rings is 1. The Hall–Kier alpha value is -1.63. The Morgan fingerprint density at radius 2 is 1.92 bits per heavy atom. The van der Waals surface area contributed by atoms with E-state index in [9.17, 15) is 0 Å². The normalized spacial score (nSPS) is 12.1. The second-order valence-corrected chi connectivity index (χ2v) is 12.7. The molecule has 0 aliphatic carbocycles. The number of para-hydroxylation sites is 1. The van der Waals surface area contributed by atoms with E-state index in [0.717, 1.165) is 17.0 Å². The number of ether oxygens (including phenoxy) is 1. The molecule has 1 heterocycles. The maximum absolute atomic E-state index is 6.37. The van der Waals surface area contributed by atoms with Crippen molar-refractivity contribution in [2.45, 2.75) is 45.5 Å². The Kier molecular flexibility index (Phi) is 6.08. The minimum absolute atomic E-state index is 0.156. The third-order valence-corrected chi connectivity index (χ3v) is 9.49. The van der Waals surface area contributed by atoms with E-state index in [1.807, 2.05) is 30.3 Å². The smallest absolute Gasteiger partial charge is 0.192 e. The number of methoxy groups -OCH3 is 1. The van der Waals surface area contributed by atoms with Crippen LogP contribution in [0.5, 0.6) is 5.75 Å². The van der Waals surface area contributed by atoms with Gasteiger partial charge in [-0.1, -0.05) is 45.1 Å². The fourth-order valence-electron chi connectivity index (χ4n) is 2.07. The minimum Gasteiger partial charge on any atom is -0.495 e. The van der Waals surface area contributed by atoms with Crippen LogP contribution in [0.25, 0.3) is 0 Å². The lowest BCUT2D eigenvalue weighted by Gasteiger charge is -2.36. The van der Waals surface area contributed by atoms with E-state index in [2.05, 4.69) is 39.2 Å². The van der Waals surface area contributed by atoms with Crippen molar-refractivity contribution in [2.75, 3.05) is 12.4 Å². The van der Waals surface area contributed by atoms with Gasteiger partial charge < -0.3 is 18.9 Å². The van der Waals surface area contributed by atoms with Crippen molar-refractivity contribution in [3.8, 4) is 5.75 Å². The zero-order chi connectivity index (χ0) is 18.7. The summed E-state index contributed by atoms with van der Waals surface area (Å²) >= 11 is 5.45. The molecule has 1 aromatic carbocycles. The van der Waals surface area contributed by atoms with Gasteiger partial charge in [0.05, 0.1) is 25.7 Å². The van der Waals surface area contributed by atoms with Crippen molar-refractivity contribution in [3.63, 3.8) is 0 Å². The maximum Gasteiger partial charge on any atom is 0.192 e. The molecule has 0 amide bonds. The summed E-state index contributed by atoms with van der Waals surface area (Å²) in [6.45, 7) is 11.7. The van der Waals surface area contributed by atoms with E-state index in [1.54, 1.807) is 13.4 Å². The van der Waals surface area contributed by atoms with Crippen LogP contribution in [-0.2, 0) is 11.0 Å². The van der Waals surface area contributed by atoms with Crippen molar-refractivity contribution in [3.05, 3.63) is 47.9 Å². The Morgan fingerprint density at radius 1 is 1.20 bits per heavy atom. The molecule has 0 spiro atoms. The summed E-state index contributed by atoms with van der Waals surface area (Å²) in [5.74, 6) is 1.35. The fraction of sp³-hybridized carbons (Fsp3) is 0.421. The third-order valence-electron chi connectivity index (χ3n) is 4.71. The third kappa shape index (κ3) is 4.71. The summed E-state index contributed by atoms with van der Waals surface area (Å²) in [5.41, 5.74) is 1.84. The molecular formula is C19H27NO3SSi. The van der Waals surface area contributed by atoms with Crippen LogP contribution in [0.3, 0.4) is 0 Å². The summed E-state index contributed by atoms with van der Waals surface area (Å²) in [5, 5.41) is 3.41. The average Bonchev–Trinajstić information content (AvgIpc) is 3.07. The van der Waals surface area contributed by atoms with Crippen LogP contribution >= 0.6 is 12.2 Å². The standard InChI is InChI=1S/C19H27NO3SSi/c1-19(2,3)25(5,6)23-13-14-9-7-10-15(21-4)17(14)20-18(24)16-11-8-12-22-16/h7-12H,13H2,1-6H3,(H,20,24). The van der Waals surface area contributed by atoms with Gasteiger partial charge in [0.25, 0.3) is 0 Å². The highest BCUT2D eigenvalue weighted by molar-refractivity contribution is 7.81. The minimum atomic E-state index is -1.85. The Balaban J connectivity index is 2.25. The molecule has 4 nitrogen and oxygen atoms in total. The SMILES string of the molecule is COc1cccc(CO[Si](C)(C)C(C)(C)C)c1NC(=S)c1ccco1. The van der Waals surface area contributed by atoms with Gasteiger partial charge in [0, 0.05) is 5.56 Å². The highest BCUT2D eigenvalue weighted by Gasteiger charge is 2.37. The van der Waals surface area contributed by atoms with E-state index < -0.39 is 8.32 Å². The number of hydrogen-bond donors (Lipinski definition) is 1. The maximum atomic E-state index is 6.37. The Bertz CT molecular complexity index is 721. The molecule has 0 saturated heterocycles. The zero-order valence-electron chi connectivity index (χ0n) is 15.8. The summed E-state index contributed by atoms with van der Waals surface area (Å²) in [7, 11) is -0.203. The highest BCUT2D eigenvalue weighted by Crippen LogP contribution is 2.38. The van der Waals surface area contributed by atoms with E-state index in [-0.39, 0.29) is 5.04 Å². The number of thiocarbonyl (C=S) groups is 1. The molecule has 0 saturated carbocycles. The Labute approximate surface area is 156 Å². The van der Waals surface area contributed by atoms with Gasteiger partial charge in [-0.05, 0) is 36.3 Å². The highest BCUT2D eigenvalue weighted by atomic mass is 32.1. The van der Waals surface area contributed by atoms with Crippen molar-refractivity contribution in [2.24, 2.45) is 0 Å². The topological polar surface area (TPSA) is 43.6 Å². The number of rotatable bonds is 6. The van der Waals surface area contributed by atoms with Crippen molar-refractivity contribution < 1.29 is 13.6 Å². The van der Waals surface area contributed by atoms with Gasteiger partial charge >= 0.3 is 0 Å². The lowest BCUT2D eigenvalue weighted by Crippen LogP contribution is -2.40. The summed E-state index contributed by atoms with van der Waals surface area (Å²) in [6.07, 6.45) is 1.60. The molecule has 0 fully saturated rings. The summed E-state index contributed by atoms with van der Waals surface area (Å²) in [4.78, 5) is 0.517. The van der Waals surface area contributed by atoms with Crippen molar-refractivity contribution >= 4 is 31.2 Å². The first-order chi connectivity index (χ1) is 11.7. The van der Waals surface area contributed by atoms with Crippen LogP contribution < -0.4 is 10.1 Å². The van der Waals surface area contributed by atoms with Crippen molar-refractivity contribution in [1.82, 2.24) is 0 Å². The van der Waals surface area contributed by atoms with Crippen LogP contribution in [0.1, 0.15) is 32.1 Å². The van der Waals surface area contributed by atoms with E-state index in [0.29, 0.717) is 17.4 Å². The molecule has 25 heavy (non-hydrogen) atoms. The summed E-state index contributed by atoms with van der Waals surface area (Å²) < 4.78 is 17.2. The molecule has 0 aliphatic rings. The molecular weight excluding hydrogens is 350 g/mol. The van der Waals surface area contributed by atoms with Crippen molar-refractivity contribution in [1.29, 1.82) is 0 Å². The predicted molar refractivity (Wildman–Crippen MR) is 109 cm³/mol. The van der Waals surface area contributed by atoms with Gasteiger partial charge in [0.1, 0.15) is 10.7 Å². The number of furan rings is 1. The molecule has 0 atom stereocenters. The molecule has 136 valence electrons. The molecule has 1 N–H and O–H groups in total. The first-order valence-corrected chi connectivity index (χ1v) is 11.6. The second-order valence-electron chi connectivity index (χ2n) is 7.47. The predicted octanol–water partition coefficient (Wildman–Crippen LogP) is 5.60. The van der Waals surface area contributed by atoms with Gasteiger partial charge in [0.15, 0.2) is 14.1 Å². The van der Waals surface area contributed by atoms with Crippen LogP contribution in [0, 0.1) is 0 Å². The monoisotopic (exact) mass is 377 g/mol. The molecule has 0 bridgehead atoms. The zero-order valence-corrected chi connectivity index (χ0v) is 17.6. The molecule has 0 aliphatic heterocycles. The van der Waals surface area contributed by atoms with E-state index in [4.69, 9.17) is 25.8 Å². The van der Waals surface area contributed by atoms with Crippen LogP contribution in [0.4, 0.5) is 5.69 Å². The van der Waals surface area contributed by atoms with Crippen LogP contribution in [0.2, 0.25) is 18.1 Å². The summed E-state index contributed by atoms with van der Waals surface area (Å²) in [6, 6.07) is 9.54. The van der Waals surface area contributed by atoms with Crippen LogP contribution in [0.15, 0.2) is 41.0 Å². The molecule has 1 aromatic heterocycles. The Morgan fingerprint density at radius 3 is 2.48 bits per heavy atom. The quantitative estimate of drug-likeness (QED) is 0.524. The first-order valence-electron chi connectivity index (χ1n) is 8.30. The van der Waals surface area contributed by atoms with Gasteiger partial charge in [-0.3, -0.25) is 0 Å². The lowest BCUT2D eigenvalue weighted by atomic mass is 10.1. The van der Waals surface area contributed by atoms with Gasteiger partial charge in [-0.25, -0.2) is 0 Å². The van der Waals surface area contributed by atoms with E-state index in [1.165, 1.54) is 0 Å². The van der Waals surface area contributed by atoms with Crippen LogP contribution in [-0.4, -0.2) is 20.4 Å². The number of hydrogen-bond acceptors (Lipinski definition) is 4. The molecule has 6 heteroatoms. The lowest BCUT2D eigenvalue weighted by molar-refractivity contribution is 0.276. The average molecular weight is 378 g/mol. The number of anilines is 1. The fourth-order valence-corrected chi connectivity index (χ4v) is 3.23. The van der Waals surface area contributed by atoms with E-state index >= 15 is 0 Å². The molecule has 2 aromatic rings. The second kappa shape index (κ2) is 7.72. The first kappa shape index (κ1) is 19.7. The largest absolute Gasteiger partial charge is 0.495 e. The van der Waals surface area contributed by atoms with Gasteiger partial charge in [-0.2, -0.15) is 0 Å². The van der Waals surface area contributed by atoms with Gasteiger partial charge in [0.2, 0.25) is 0 Å².